The smallest absolute Gasteiger partial charge is 0.426 e. The maximum atomic E-state index is 12.6. The molecule has 0 aromatic carbocycles. The molecular formula is C10H13BrF3NOS2. The van der Waals surface area contributed by atoms with Crippen LogP contribution in [-0.4, -0.2) is 9.30 Å². The lowest BCUT2D eigenvalue weighted by Crippen LogP contribution is -2.38. The summed E-state index contributed by atoms with van der Waals surface area (Å²) in [4.78, 5) is -0.173. The summed E-state index contributed by atoms with van der Waals surface area (Å²) in [6, 6.07) is 1.40. The lowest BCUT2D eigenvalue weighted by Gasteiger charge is -2.23. The third kappa shape index (κ3) is 4.41. The molecule has 104 valence electrons. The van der Waals surface area contributed by atoms with Crippen LogP contribution in [0.5, 0.6) is 0 Å². The normalized spacial score (nSPS) is 14.9. The molecule has 0 fully saturated rings. The molecule has 0 aliphatic heterocycles. The maximum Gasteiger partial charge on any atom is 0.426 e. The van der Waals surface area contributed by atoms with Gasteiger partial charge in [0.1, 0.15) is 9.62 Å². The van der Waals surface area contributed by atoms with E-state index in [1.165, 1.54) is 6.07 Å². The Morgan fingerprint density at radius 2 is 1.94 bits per heavy atom. The summed E-state index contributed by atoms with van der Waals surface area (Å²) < 4.78 is 51.7. The van der Waals surface area contributed by atoms with Crippen molar-refractivity contribution in [3.05, 3.63) is 20.3 Å². The van der Waals surface area contributed by atoms with Gasteiger partial charge in [0, 0.05) is 20.7 Å². The summed E-state index contributed by atoms with van der Waals surface area (Å²) in [5.41, 5.74) is 0. The van der Waals surface area contributed by atoms with Gasteiger partial charge < -0.3 is 4.55 Å². The van der Waals surface area contributed by atoms with E-state index in [1.54, 1.807) is 20.8 Å². The first-order chi connectivity index (χ1) is 8.01. The molecule has 1 N–H and O–H groups in total. The molecule has 8 heteroatoms. The van der Waals surface area contributed by atoms with Crippen LogP contribution in [0.1, 0.15) is 30.5 Å². The minimum Gasteiger partial charge on any atom is -0.598 e. The van der Waals surface area contributed by atoms with E-state index >= 15 is 0 Å². The van der Waals surface area contributed by atoms with Gasteiger partial charge in [-0.2, -0.15) is 13.2 Å². The Balaban J connectivity index is 2.71. The topological polar surface area (TPSA) is 35.1 Å². The Morgan fingerprint density at radius 3 is 2.33 bits per heavy atom. The third-order valence-corrected chi connectivity index (χ3v) is 5.52. The highest BCUT2D eigenvalue weighted by atomic mass is 79.9. The van der Waals surface area contributed by atoms with Crippen molar-refractivity contribution in [3.8, 4) is 0 Å². The summed E-state index contributed by atoms with van der Waals surface area (Å²) in [5.74, 6) is 0. The van der Waals surface area contributed by atoms with Gasteiger partial charge in [-0.1, -0.05) is 0 Å². The molecule has 2 nitrogen and oxygen atoms in total. The first-order valence-corrected chi connectivity index (χ1v) is 7.78. The quantitative estimate of drug-likeness (QED) is 0.821. The fourth-order valence-electron chi connectivity index (χ4n) is 1.05. The lowest BCUT2D eigenvalue weighted by molar-refractivity contribution is -0.134. The molecule has 1 atom stereocenters. The molecule has 0 radical (unpaired) electrons. The second kappa shape index (κ2) is 5.70. The van der Waals surface area contributed by atoms with E-state index in [-0.39, 0.29) is 11.0 Å². The van der Waals surface area contributed by atoms with E-state index in [4.69, 9.17) is 0 Å². The number of hydrogen-bond acceptors (Lipinski definition) is 3. The number of hydrogen-bond donors (Lipinski definition) is 1. The van der Waals surface area contributed by atoms with Crippen molar-refractivity contribution in [1.29, 1.82) is 0 Å². The molecule has 0 bridgehead atoms. The molecule has 0 aliphatic rings. The largest absolute Gasteiger partial charge is 0.598 e. The molecule has 1 heterocycles. The molecule has 0 saturated heterocycles. The third-order valence-electron chi connectivity index (χ3n) is 1.93. The van der Waals surface area contributed by atoms with E-state index in [0.717, 1.165) is 0 Å². The molecule has 1 aromatic heterocycles. The molecule has 0 spiro atoms. The van der Waals surface area contributed by atoms with E-state index in [1.807, 2.05) is 0 Å². The lowest BCUT2D eigenvalue weighted by atomic mass is 10.3. The van der Waals surface area contributed by atoms with Crippen LogP contribution >= 0.6 is 27.3 Å². The van der Waals surface area contributed by atoms with Crippen LogP contribution in [0.15, 0.2) is 10.5 Å². The van der Waals surface area contributed by atoms with Crippen LogP contribution in [0.25, 0.3) is 0 Å². The van der Waals surface area contributed by atoms with Crippen molar-refractivity contribution in [1.82, 2.24) is 4.72 Å². The van der Waals surface area contributed by atoms with Gasteiger partial charge >= 0.3 is 6.18 Å². The molecule has 0 saturated carbocycles. The molecule has 1 rings (SSSR count). The average molecular weight is 364 g/mol. The zero-order valence-electron chi connectivity index (χ0n) is 10.0. The Bertz CT molecular complexity index is 414. The second-order valence-electron chi connectivity index (χ2n) is 4.59. The first-order valence-electron chi connectivity index (χ1n) is 5.02. The second-order valence-corrected chi connectivity index (χ2v) is 8.63. The Morgan fingerprint density at radius 1 is 1.39 bits per heavy atom. The predicted octanol–water partition coefficient (Wildman–Crippen LogP) is 4.08. The van der Waals surface area contributed by atoms with Crippen LogP contribution < -0.4 is 4.72 Å². The van der Waals surface area contributed by atoms with Crippen molar-refractivity contribution in [2.45, 2.75) is 38.2 Å². The highest BCUT2D eigenvalue weighted by Gasteiger charge is 2.35. The van der Waals surface area contributed by atoms with Crippen LogP contribution in [0.4, 0.5) is 13.2 Å². The highest BCUT2D eigenvalue weighted by molar-refractivity contribution is 9.10. The van der Waals surface area contributed by atoms with Crippen LogP contribution in [0.3, 0.4) is 0 Å². The zero-order chi connectivity index (χ0) is 14.1. The molecule has 18 heavy (non-hydrogen) atoms. The number of thiophene rings is 1. The van der Waals surface area contributed by atoms with E-state index in [9.17, 15) is 17.7 Å². The van der Waals surface area contributed by atoms with Gasteiger partial charge in [0.2, 0.25) is 0 Å². The first kappa shape index (κ1) is 16.3. The summed E-state index contributed by atoms with van der Waals surface area (Å²) in [6.07, 6.45) is -4.36. The number of nitrogens with one attached hydrogen (secondary N) is 1. The van der Waals surface area contributed by atoms with Gasteiger partial charge in [0.05, 0.1) is 6.54 Å². The predicted molar refractivity (Wildman–Crippen MR) is 71.8 cm³/mol. The van der Waals surface area contributed by atoms with Crippen LogP contribution in [0.2, 0.25) is 0 Å². The highest BCUT2D eigenvalue weighted by Crippen LogP contribution is 2.40. The van der Waals surface area contributed by atoms with Crippen LogP contribution in [0, 0.1) is 0 Å². The van der Waals surface area contributed by atoms with Crippen molar-refractivity contribution in [3.63, 3.8) is 0 Å². The fraction of sp³-hybridized carbons (Fsp3) is 0.600. The molecule has 0 unspecified atom stereocenters. The van der Waals surface area contributed by atoms with E-state index < -0.39 is 27.2 Å². The van der Waals surface area contributed by atoms with Crippen molar-refractivity contribution >= 4 is 38.6 Å². The van der Waals surface area contributed by atoms with Gasteiger partial charge in [-0.3, -0.25) is 0 Å². The van der Waals surface area contributed by atoms with Crippen LogP contribution in [-0.2, 0) is 24.1 Å². The van der Waals surface area contributed by atoms with Gasteiger partial charge in [0.25, 0.3) is 0 Å². The standard InChI is InChI=1S/C10H13BrF3NOS2/c1-9(2,3)18(16)15-5-6-4-7(11)8(17-6)10(12,13)14/h4,15H,5H2,1-3H3/t18-/m0/s1. The van der Waals surface area contributed by atoms with E-state index in [0.29, 0.717) is 16.2 Å². The summed E-state index contributed by atoms with van der Waals surface area (Å²) in [7, 11) is 0. The van der Waals surface area contributed by atoms with Gasteiger partial charge in [-0.05, 0) is 42.8 Å². The van der Waals surface area contributed by atoms with Gasteiger partial charge in [0.15, 0.2) is 0 Å². The molecular weight excluding hydrogens is 351 g/mol. The number of alkyl halides is 3. The van der Waals surface area contributed by atoms with Gasteiger partial charge in [-0.15, -0.1) is 16.1 Å². The van der Waals surface area contributed by atoms with Crippen molar-refractivity contribution < 1.29 is 17.7 Å². The molecule has 0 amide bonds. The Labute approximate surface area is 119 Å². The summed E-state index contributed by atoms with van der Waals surface area (Å²) in [6.45, 7) is 5.54. The summed E-state index contributed by atoms with van der Waals surface area (Å²) >= 11 is 2.24. The summed E-state index contributed by atoms with van der Waals surface area (Å²) in [5, 5.41) is 0. The number of halogens is 4. The molecule has 1 aromatic rings. The molecule has 0 aliphatic carbocycles. The van der Waals surface area contributed by atoms with Crippen molar-refractivity contribution in [2.75, 3.05) is 0 Å². The van der Waals surface area contributed by atoms with Crippen molar-refractivity contribution in [2.24, 2.45) is 0 Å². The fourth-order valence-corrected chi connectivity index (χ4v) is 3.61. The maximum absolute atomic E-state index is 12.6. The van der Waals surface area contributed by atoms with E-state index in [2.05, 4.69) is 20.7 Å². The average Bonchev–Trinajstić information content (AvgIpc) is 2.54. The zero-order valence-corrected chi connectivity index (χ0v) is 13.2. The minimum atomic E-state index is -4.36. The number of rotatable bonds is 3. The minimum absolute atomic E-state index is 0.0262. The van der Waals surface area contributed by atoms with Gasteiger partial charge in [-0.25, -0.2) is 0 Å². The SMILES string of the molecule is CC(C)(C)[S@+]([O-])NCc1cc(Br)c(C(F)(F)F)s1. The Hall–Kier alpha value is 0.240. The monoisotopic (exact) mass is 363 g/mol. The Kier molecular flexibility index (Phi) is 5.16.